The van der Waals surface area contributed by atoms with Gasteiger partial charge in [-0.2, -0.15) is 0 Å². The Bertz CT molecular complexity index is 742. The zero-order valence-corrected chi connectivity index (χ0v) is 16.5. The molecular weight excluding hydrogens is 360 g/mol. The summed E-state index contributed by atoms with van der Waals surface area (Å²) in [7, 11) is 0. The van der Waals surface area contributed by atoms with Crippen molar-refractivity contribution in [2.45, 2.75) is 32.2 Å². The fourth-order valence-electron chi connectivity index (χ4n) is 3.44. The summed E-state index contributed by atoms with van der Waals surface area (Å²) in [6.07, 6.45) is 3.72. The van der Waals surface area contributed by atoms with Crippen LogP contribution in [0.3, 0.4) is 0 Å². The molecule has 0 unspecified atom stereocenters. The van der Waals surface area contributed by atoms with Crippen molar-refractivity contribution < 1.29 is 9.53 Å². The molecule has 2 aromatic rings. The second-order valence-electron chi connectivity index (χ2n) is 7.07. The monoisotopic (exact) mass is 386 g/mol. The maximum absolute atomic E-state index is 12.3. The van der Waals surface area contributed by atoms with Gasteiger partial charge in [-0.3, -0.25) is 9.69 Å². The summed E-state index contributed by atoms with van der Waals surface area (Å²) < 4.78 is 5.54. The number of ether oxygens (including phenoxy) is 1. The molecule has 0 spiro atoms. The summed E-state index contributed by atoms with van der Waals surface area (Å²) in [5.41, 5.74) is 2.49. The molecule has 1 amide bonds. The number of aryl methyl sites for hydroxylation is 1. The average Bonchev–Trinajstić information content (AvgIpc) is 2.69. The Morgan fingerprint density at radius 1 is 1.15 bits per heavy atom. The third-order valence-corrected chi connectivity index (χ3v) is 5.19. The van der Waals surface area contributed by atoms with Crippen molar-refractivity contribution in [1.29, 1.82) is 0 Å². The fourth-order valence-corrected chi connectivity index (χ4v) is 3.62. The lowest BCUT2D eigenvalue weighted by atomic mass is 10.0. The lowest BCUT2D eigenvalue weighted by molar-refractivity contribution is -0.123. The number of nitrogens with one attached hydrogen (secondary N) is 1. The van der Waals surface area contributed by atoms with Crippen LogP contribution in [0.25, 0.3) is 0 Å². The molecule has 4 nitrogen and oxygen atoms in total. The van der Waals surface area contributed by atoms with Crippen LogP contribution in [-0.2, 0) is 4.79 Å². The number of piperidine rings is 1. The first-order valence-corrected chi connectivity index (χ1v) is 9.95. The van der Waals surface area contributed by atoms with Gasteiger partial charge >= 0.3 is 0 Å². The zero-order chi connectivity index (χ0) is 19.1. The number of hydrogen-bond acceptors (Lipinski definition) is 3. The molecule has 2 aromatic carbocycles. The second-order valence-corrected chi connectivity index (χ2v) is 7.51. The van der Waals surface area contributed by atoms with Crippen LogP contribution in [0.1, 0.15) is 36.4 Å². The van der Waals surface area contributed by atoms with Crippen LogP contribution in [0, 0.1) is 6.92 Å². The highest BCUT2D eigenvalue weighted by molar-refractivity contribution is 6.30. The third kappa shape index (κ3) is 5.98. The van der Waals surface area contributed by atoms with E-state index < -0.39 is 0 Å². The number of likely N-dealkylation sites (tertiary alicyclic amines) is 1. The average molecular weight is 387 g/mol. The first-order valence-electron chi connectivity index (χ1n) is 9.57. The van der Waals surface area contributed by atoms with Crippen LogP contribution < -0.4 is 10.1 Å². The van der Waals surface area contributed by atoms with Gasteiger partial charge in [-0.05, 0) is 56.6 Å². The summed E-state index contributed by atoms with van der Waals surface area (Å²) in [4.78, 5) is 14.8. The molecule has 27 heavy (non-hydrogen) atoms. The largest absolute Gasteiger partial charge is 0.484 e. The molecule has 0 saturated carbocycles. The van der Waals surface area contributed by atoms with Crippen molar-refractivity contribution in [3.05, 3.63) is 64.7 Å². The molecule has 1 saturated heterocycles. The van der Waals surface area contributed by atoms with Gasteiger partial charge in [0.2, 0.25) is 0 Å². The number of carbonyl (C=O) groups is 1. The van der Waals surface area contributed by atoms with Crippen LogP contribution >= 0.6 is 11.6 Å². The Morgan fingerprint density at radius 2 is 1.89 bits per heavy atom. The van der Waals surface area contributed by atoms with E-state index in [0.29, 0.717) is 17.3 Å². The van der Waals surface area contributed by atoms with Crippen LogP contribution in [0.5, 0.6) is 5.75 Å². The molecule has 0 aromatic heterocycles. The second kappa shape index (κ2) is 9.77. The van der Waals surface area contributed by atoms with E-state index in [2.05, 4.69) is 41.4 Å². The smallest absolute Gasteiger partial charge is 0.258 e. The lowest BCUT2D eigenvalue weighted by Gasteiger charge is -2.35. The molecule has 1 aliphatic rings. The van der Waals surface area contributed by atoms with E-state index in [0.717, 1.165) is 13.1 Å². The number of nitrogens with zero attached hydrogens (tertiary/aromatic N) is 1. The molecular formula is C22H27ClN2O2. The SMILES string of the molecule is Cc1ccc([C@H](CNC(=O)COc2cccc(Cl)c2)N2CCCCC2)cc1. The first kappa shape index (κ1) is 19.7. The van der Waals surface area contributed by atoms with E-state index in [4.69, 9.17) is 16.3 Å². The van der Waals surface area contributed by atoms with Crippen molar-refractivity contribution in [3.63, 3.8) is 0 Å². The number of benzene rings is 2. The van der Waals surface area contributed by atoms with Crippen molar-refractivity contribution in [1.82, 2.24) is 10.2 Å². The molecule has 0 bridgehead atoms. The summed E-state index contributed by atoms with van der Waals surface area (Å²) in [6.45, 7) is 4.82. The molecule has 144 valence electrons. The Kier molecular flexibility index (Phi) is 7.13. The molecule has 1 fully saturated rings. The van der Waals surface area contributed by atoms with Crippen LogP contribution in [0.15, 0.2) is 48.5 Å². The van der Waals surface area contributed by atoms with Gasteiger partial charge in [-0.1, -0.05) is 53.9 Å². The molecule has 3 rings (SSSR count). The molecule has 1 atom stereocenters. The molecule has 1 aliphatic heterocycles. The van der Waals surface area contributed by atoms with Gasteiger partial charge in [0.05, 0.1) is 6.04 Å². The topological polar surface area (TPSA) is 41.6 Å². The Balaban J connectivity index is 1.58. The molecule has 0 aliphatic carbocycles. The number of halogens is 1. The minimum atomic E-state index is -0.121. The maximum atomic E-state index is 12.3. The van der Waals surface area contributed by atoms with Crippen molar-refractivity contribution in [2.24, 2.45) is 0 Å². The molecule has 1 N–H and O–H groups in total. The third-order valence-electron chi connectivity index (χ3n) is 4.95. The van der Waals surface area contributed by atoms with Gasteiger partial charge in [0.15, 0.2) is 6.61 Å². The van der Waals surface area contributed by atoms with Crippen molar-refractivity contribution in [2.75, 3.05) is 26.2 Å². The summed E-state index contributed by atoms with van der Waals surface area (Å²) in [5, 5.41) is 3.63. The summed E-state index contributed by atoms with van der Waals surface area (Å²) in [6, 6.07) is 15.9. The lowest BCUT2D eigenvalue weighted by Crippen LogP contribution is -2.41. The molecule has 0 radical (unpaired) electrons. The zero-order valence-electron chi connectivity index (χ0n) is 15.8. The van der Waals surface area contributed by atoms with E-state index in [-0.39, 0.29) is 18.6 Å². The first-order chi connectivity index (χ1) is 13.1. The van der Waals surface area contributed by atoms with Crippen LogP contribution in [0.4, 0.5) is 0 Å². The Morgan fingerprint density at radius 3 is 2.59 bits per heavy atom. The van der Waals surface area contributed by atoms with Gasteiger partial charge in [0.25, 0.3) is 5.91 Å². The van der Waals surface area contributed by atoms with Crippen molar-refractivity contribution >= 4 is 17.5 Å². The van der Waals surface area contributed by atoms with Crippen LogP contribution in [-0.4, -0.2) is 37.0 Å². The van der Waals surface area contributed by atoms with Gasteiger partial charge in [0, 0.05) is 11.6 Å². The standard InChI is InChI=1S/C22H27ClN2O2/c1-17-8-10-18(11-9-17)21(25-12-3-2-4-13-25)15-24-22(26)16-27-20-7-5-6-19(23)14-20/h5-11,14,21H,2-4,12-13,15-16H2,1H3,(H,24,26)/t21-/m0/s1. The predicted molar refractivity (Wildman–Crippen MR) is 109 cm³/mol. The van der Waals surface area contributed by atoms with Crippen LogP contribution in [0.2, 0.25) is 5.02 Å². The number of rotatable bonds is 7. The summed E-state index contributed by atoms with van der Waals surface area (Å²) in [5.74, 6) is 0.480. The van der Waals surface area contributed by atoms with E-state index in [1.807, 2.05) is 0 Å². The van der Waals surface area contributed by atoms with Gasteiger partial charge < -0.3 is 10.1 Å². The Hall–Kier alpha value is -2.04. The number of hydrogen-bond donors (Lipinski definition) is 1. The maximum Gasteiger partial charge on any atom is 0.258 e. The highest BCUT2D eigenvalue weighted by atomic mass is 35.5. The number of carbonyl (C=O) groups excluding carboxylic acids is 1. The normalized spacial score (nSPS) is 15.9. The minimum Gasteiger partial charge on any atom is -0.484 e. The molecule has 1 heterocycles. The van der Waals surface area contributed by atoms with Gasteiger partial charge in [-0.15, -0.1) is 0 Å². The summed E-state index contributed by atoms with van der Waals surface area (Å²) >= 11 is 5.94. The van der Waals surface area contributed by atoms with E-state index in [1.165, 1.54) is 30.4 Å². The minimum absolute atomic E-state index is 0.0129. The van der Waals surface area contributed by atoms with Crippen molar-refractivity contribution in [3.8, 4) is 5.75 Å². The number of amides is 1. The van der Waals surface area contributed by atoms with E-state index >= 15 is 0 Å². The molecule has 5 heteroatoms. The van der Waals surface area contributed by atoms with Gasteiger partial charge in [0.1, 0.15) is 5.75 Å². The van der Waals surface area contributed by atoms with E-state index in [9.17, 15) is 4.79 Å². The predicted octanol–water partition coefficient (Wildman–Crippen LogP) is 4.37. The Labute approximate surface area is 166 Å². The highest BCUT2D eigenvalue weighted by Crippen LogP contribution is 2.24. The quantitative estimate of drug-likeness (QED) is 0.768. The highest BCUT2D eigenvalue weighted by Gasteiger charge is 2.22. The van der Waals surface area contributed by atoms with Gasteiger partial charge in [-0.25, -0.2) is 0 Å². The fraction of sp³-hybridized carbons (Fsp3) is 0.409. The van der Waals surface area contributed by atoms with E-state index in [1.54, 1.807) is 24.3 Å².